The van der Waals surface area contributed by atoms with Crippen molar-refractivity contribution in [2.75, 3.05) is 33.2 Å². The molecule has 1 fully saturated rings. The second-order valence-electron chi connectivity index (χ2n) is 4.29. The minimum absolute atomic E-state index is 0.171. The molecule has 0 aromatic heterocycles. The summed E-state index contributed by atoms with van der Waals surface area (Å²) in [6.45, 7) is 5.11. The Balaban J connectivity index is 2.25. The van der Waals surface area contributed by atoms with Crippen LogP contribution in [0.4, 0.5) is 0 Å². The summed E-state index contributed by atoms with van der Waals surface area (Å²) in [5.41, 5.74) is 0. The average molecular weight is 240 g/mol. The van der Waals surface area contributed by atoms with Crippen molar-refractivity contribution in [3.05, 3.63) is 0 Å². The minimum atomic E-state index is 0.171. The van der Waals surface area contributed by atoms with Gasteiger partial charge in [-0.05, 0) is 25.7 Å². The van der Waals surface area contributed by atoms with Crippen LogP contribution in [0.15, 0.2) is 4.99 Å². The van der Waals surface area contributed by atoms with Crippen molar-refractivity contribution < 1.29 is 4.79 Å². The Bertz CT molecular complexity index is 259. The number of nitrogens with one attached hydrogen (secondary N) is 2. The molecule has 0 radical (unpaired) electrons. The lowest BCUT2D eigenvalue weighted by molar-refractivity contribution is -0.130. The molecule has 0 aromatic carbocycles. The maximum atomic E-state index is 11.9. The summed E-state index contributed by atoms with van der Waals surface area (Å²) < 4.78 is 0. The zero-order valence-corrected chi connectivity index (χ0v) is 11.0. The van der Waals surface area contributed by atoms with Crippen LogP contribution >= 0.6 is 0 Å². The summed E-state index contributed by atoms with van der Waals surface area (Å²) >= 11 is 0. The van der Waals surface area contributed by atoms with Crippen molar-refractivity contribution in [1.82, 2.24) is 15.5 Å². The largest absolute Gasteiger partial charge is 0.356 e. The van der Waals surface area contributed by atoms with E-state index in [1.807, 2.05) is 4.90 Å². The van der Waals surface area contributed by atoms with Crippen molar-refractivity contribution in [2.45, 2.75) is 32.6 Å². The summed E-state index contributed by atoms with van der Waals surface area (Å²) in [4.78, 5) is 17.9. The van der Waals surface area contributed by atoms with Crippen LogP contribution in [0.1, 0.15) is 32.6 Å². The molecule has 0 bridgehead atoms. The molecule has 0 atom stereocenters. The number of rotatable bonds is 4. The summed E-state index contributed by atoms with van der Waals surface area (Å²) in [6, 6.07) is 0. The van der Waals surface area contributed by atoms with Crippen LogP contribution < -0.4 is 10.6 Å². The Morgan fingerprint density at radius 1 is 1.24 bits per heavy atom. The summed E-state index contributed by atoms with van der Waals surface area (Å²) in [6.07, 6.45) is 4.56. The summed E-state index contributed by atoms with van der Waals surface area (Å²) in [5, 5.41) is 6.19. The highest BCUT2D eigenvalue weighted by Gasteiger charge is 2.16. The van der Waals surface area contributed by atoms with Crippen LogP contribution in [0.25, 0.3) is 0 Å². The van der Waals surface area contributed by atoms with E-state index in [2.05, 4.69) is 22.5 Å². The number of aliphatic imine (C=N–C) groups is 1. The molecular weight excluding hydrogens is 216 g/mol. The van der Waals surface area contributed by atoms with Crippen molar-refractivity contribution >= 4 is 11.9 Å². The first-order valence-electron chi connectivity index (χ1n) is 6.50. The maximum Gasteiger partial charge on any atom is 0.241 e. The topological polar surface area (TPSA) is 56.7 Å². The van der Waals surface area contributed by atoms with E-state index >= 15 is 0 Å². The lowest BCUT2D eigenvalue weighted by Gasteiger charge is -2.27. The van der Waals surface area contributed by atoms with Crippen LogP contribution in [0, 0.1) is 0 Å². The van der Waals surface area contributed by atoms with E-state index in [0.717, 1.165) is 38.9 Å². The second kappa shape index (κ2) is 7.92. The van der Waals surface area contributed by atoms with Crippen molar-refractivity contribution in [3.8, 4) is 0 Å². The van der Waals surface area contributed by atoms with Gasteiger partial charge in [0, 0.05) is 26.7 Å². The Morgan fingerprint density at radius 2 is 1.94 bits per heavy atom. The van der Waals surface area contributed by atoms with Crippen molar-refractivity contribution in [1.29, 1.82) is 0 Å². The van der Waals surface area contributed by atoms with Gasteiger partial charge >= 0.3 is 0 Å². The number of carbonyl (C=O) groups excluding carboxylic acids is 1. The van der Waals surface area contributed by atoms with Gasteiger partial charge in [0.2, 0.25) is 5.91 Å². The highest BCUT2D eigenvalue weighted by molar-refractivity contribution is 5.86. The van der Waals surface area contributed by atoms with E-state index in [4.69, 9.17) is 0 Å². The Hall–Kier alpha value is -1.26. The smallest absolute Gasteiger partial charge is 0.241 e. The van der Waals surface area contributed by atoms with Gasteiger partial charge in [-0.25, -0.2) is 0 Å². The lowest BCUT2D eigenvalue weighted by Crippen LogP contribution is -2.46. The highest BCUT2D eigenvalue weighted by atomic mass is 16.2. The van der Waals surface area contributed by atoms with Crippen LogP contribution in [0.5, 0.6) is 0 Å². The Morgan fingerprint density at radius 3 is 2.53 bits per heavy atom. The van der Waals surface area contributed by atoms with Gasteiger partial charge in [-0.15, -0.1) is 0 Å². The number of carbonyl (C=O) groups is 1. The monoisotopic (exact) mass is 240 g/mol. The quantitative estimate of drug-likeness (QED) is 0.558. The predicted molar refractivity (Wildman–Crippen MR) is 70.1 cm³/mol. The number of nitrogens with zero attached hydrogens (tertiary/aromatic N) is 2. The zero-order chi connectivity index (χ0) is 12.5. The number of likely N-dealkylation sites (tertiary alicyclic amines) is 1. The van der Waals surface area contributed by atoms with Gasteiger partial charge in [-0.2, -0.15) is 0 Å². The SMILES string of the molecule is CCCNC(=NC)NCC(=O)N1CCCCC1. The number of amides is 1. The van der Waals surface area contributed by atoms with E-state index in [1.165, 1.54) is 6.42 Å². The third kappa shape index (κ3) is 5.06. The maximum absolute atomic E-state index is 11.9. The fraction of sp³-hybridized carbons (Fsp3) is 0.833. The first-order chi connectivity index (χ1) is 8.27. The highest BCUT2D eigenvalue weighted by Crippen LogP contribution is 2.07. The molecule has 17 heavy (non-hydrogen) atoms. The summed E-state index contributed by atoms with van der Waals surface area (Å²) in [7, 11) is 1.72. The number of piperidine rings is 1. The van der Waals surface area contributed by atoms with Crippen LogP contribution in [0.2, 0.25) is 0 Å². The molecule has 1 aliphatic heterocycles. The van der Waals surface area contributed by atoms with Gasteiger partial charge in [-0.3, -0.25) is 9.79 Å². The van der Waals surface area contributed by atoms with Crippen LogP contribution in [0.3, 0.4) is 0 Å². The van der Waals surface area contributed by atoms with Crippen molar-refractivity contribution in [2.24, 2.45) is 4.99 Å². The molecule has 5 nitrogen and oxygen atoms in total. The molecular formula is C12H24N4O. The van der Waals surface area contributed by atoms with E-state index < -0.39 is 0 Å². The lowest BCUT2D eigenvalue weighted by atomic mass is 10.1. The molecule has 0 unspecified atom stereocenters. The normalized spacial score (nSPS) is 16.8. The molecule has 1 rings (SSSR count). The van der Waals surface area contributed by atoms with E-state index in [-0.39, 0.29) is 5.91 Å². The minimum Gasteiger partial charge on any atom is -0.356 e. The van der Waals surface area contributed by atoms with Gasteiger partial charge in [0.25, 0.3) is 0 Å². The fourth-order valence-corrected chi connectivity index (χ4v) is 1.88. The third-order valence-corrected chi connectivity index (χ3v) is 2.88. The second-order valence-corrected chi connectivity index (χ2v) is 4.29. The van der Waals surface area contributed by atoms with Crippen LogP contribution in [-0.4, -0.2) is 50.0 Å². The van der Waals surface area contributed by atoms with Gasteiger partial charge in [0.05, 0.1) is 6.54 Å². The standard InChI is InChI=1S/C12H24N4O/c1-3-7-14-12(13-2)15-10-11(17)16-8-5-4-6-9-16/h3-10H2,1-2H3,(H2,13,14,15). The first kappa shape index (κ1) is 13.8. The molecule has 1 amide bonds. The Kier molecular flexibility index (Phi) is 6.43. The van der Waals surface area contributed by atoms with E-state index in [0.29, 0.717) is 12.5 Å². The first-order valence-corrected chi connectivity index (χ1v) is 6.50. The summed E-state index contributed by atoms with van der Waals surface area (Å²) in [5.74, 6) is 0.876. The molecule has 0 spiro atoms. The van der Waals surface area contributed by atoms with Gasteiger partial charge in [0.1, 0.15) is 0 Å². The Labute approximate surface area is 104 Å². The van der Waals surface area contributed by atoms with Gasteiger partial charge < -0.3 is 15.5 Å². The van der Waals surface area contributed by atoms with E-state index in [1.54, 1.807) is 7.05 Å². The number of hydrogen-bond donors (Lipinski definition) is 2. The van der Waals surface area contributed by atoms with Gasteiger partial charge in [-0.1, -0.05) is 6.92 Å². The number of guanidine groups is 1. The molecule has 2 N–H and O–H groups in total. The molecule has 1 aliphatic rings. The average Bonchev–Trinajstić information content (AvgIpc) is 2.39. The molecule has 0 aliphatic carbocycles. The predicted octanol–water partition coefficient (Wildman–Crippen LogP) is 0.574. The molecule has 0 aromatic rings. The molecule has 1 heterocycles. The molecule has 98 valence electrons. The molecule has 0 saturated carbocycles. The number of hydrogen-bond acceptors (Lipinski definition) is 2. The van der Waals surface area contributed by atoms with Crippen molar-refractivity contribution in [3.63, 3.8) is 0 Å². The fourth-order valence-electron chi connectivity index (χ4n) is 1.88. The van der Waals surface area contributed by atoms with E-state index in [9.17, 15) is 4.79 Å². The third-order valence-electron chi connectivity index (χ3n) is 2.88. The van der Waals surface area contributed by atoms with Gasteiger partial charge in [0.15, 0.2) is 5.96 Å². The zero-order valence-electron chi connectivity index (χ0n) is 11.0. The molecule has 1 saturated heterocycles. The van der Waals surface area contributed by atoms with Crippen LogP contribution in [-0.2, 0) is 4.79 Å². The molecule has 5 heteroatoms.